The monoisotopic (exact) mass is 298 g/mol. The predicted molar refractivity (Wildman–Crippen MR) is 73.2 cm³/mol. The summed E-state index contributed by atoms with van der Waals surface area (Å²) in [7, 11) is 2.19. The highest BCUT2D eigenvalue weighted by molar-refractivity contribution is 9.10. The molecule has 0 atom stereocenters. The van der Waals surface area contributed by atoms with Gasteiger partial charge in [-0.15, -0.1) is 0 Å². The molecule has 4 nitrogen and oxygen atoms in total. The van der Waals surface area contributed by atoms with Crippen LogP contribution in [0.25, 0.3) is 0 Å². The van der Waals surface area contributed by atoms with Crippen molar-refractivity contribution in [2.24, 2.45) is 5.92 Å². The van der Waals surface area contributed by atoms with Crippen LogP contribution in [0, 0.1) is 12.8 Å². The third-order valence-electron chi connectivity index (χ3n) is 3.22. The van der Waals surface area contributed by atoms with E-state index in [-0.39, 0.29) is 0 Å². The Balaban J connectivity index is 1.85. The Bertz CT molecular complexity index is 355. The number of anilines is 1. The van der Waals surface area contributed by atoms with E-state index < -0.39 is 0 Å². The highest BCUT2D eigenvalue weighted by Gasteiger charge is 2.16. The lowest BCUT2D eigenvalue weighted by Gasteiger charge is -2.29. The Hall–Kier alpha value is -0.680. The quantitative estimate of drug-likeness (QED) is 0.870. The molecule has 2 heterocycles. The molecular formula is C12H19BrN4. The Morgan fingerprint density at radius 2 is 2.12 bits per heavy atom. The van der Waals surface area contributed by atoms with Crippen LogP contribution in [0.15, 0.2) is 10.7 Å². The first-order chi connectivity index (χ1) is 8.13. The minimum atomic E-state index is 0.764. The Morgan fingerprint density at radius 1 is 1.41 bits per heavy atom. The van der Waals surface area contributed by atoms with Gasteiger partial charge in [-0.25, -0.2) is 9.97 Å². The van der Waals surface area contributed by atoms with Crippen molar-refractivity contribution in [3.63, 3.8) is 0 Å². The van der Waals surface area contributed by atoms with E-state index in [9.17, 15) is 0 Å². The van der Waals surface area contributed by atoms with Gasteiger partial charge in [-0.05, 0) is 61.8 Å². The third kappa shape index (κ3) is 3.92. The molecular weight excluding hydrogens is 280 g/mol. The second-order valence-electron chi connectivity index (χ2n) is 4.75. The van der Waals surface area contributed by atoms with E-state index in [1.165, 1.54) is 25.9 Å². The summed E-state index contributed by atoms with van der Waals surface area (Å²) in [4.78, 5) is 11.0. The van der Waals surface area contributed by atoms with Gasteiger partial charge in [-0.3, -0.25) is 0 Å². The Morgan fingerprint density at radius 3 is 2.76 bits per heavy atom. The smallest absolute Gasteiger partial charge is 0.130 e. The van der Waals surface area contributed by atoms with E-state index in [1.807, 2.05) is 13.0 Å². The summed E-state index contributed by atoms with van der Waals surface area (Å²) in [5.74, 6) is 2.48. The zero-order chi connectivity index (χ0) is 12.3. The Labute approximate surface area is 111 Å². The molecule has 0 aromatic carbocycles. The molecule has 0 saturated carbocycles. The summed E-state index contributed by atoms with van der Waals surface area (Å²) in [6.07, 6.45) is 2.55. The van der Waals surface area contributed by atoms with Gasteiger partial charge in [0, 0.05) is 12.6 Å². The number of halogens is 1. The first-order valence-corrected chi connectivity index (χ1v) is 6.86. The van der Waals surface area contributed by atoms with Gasteiger partial charge in [0.1, 0.15) is 16.2 Å². The summed E-state index contributed by atoms with van der Waals surface area (Å²) in [5, 5.41) is 3.41. The number of aromatic nitrogens is 2. The van der Waals surface area contributed by atoms with Crippen LogP contribution in [0.2, 0.25) is 0 Å². The minimum Gasteiger partial charge on any atom is -0.370 e. The second kappa shape index (κ2) is 5.78. The maximum atomic E-state index is 4.37. The first kappa shape index (κ1) is 12.8. The van der Waals surface area contributed by atoms with Crippen molar-refractivity contribution in [1.82, 2.24) is 14.9 Å². The first-order valence-electron chi connectivity index (χ1n) is 6.07. The molecule has 1 aromatic rings. The molecule has 94 valence electrons. The van der Waals surface area contributed by atoms with Gasteiger partial charge in [0.15, 0.2) is 0 Å². The van der Waals surface area contributed by atoms with Crippen LogP contribution in [0.3, 0.4) is 0 Å². The zero-order valence-electron chi connectivity index (χ0n) is 10.4. The van der Waals surface area contributed by atoms with Crippen molar-refractivity contribution in [3.8, 4) is 0 Å². The van der Waals surface area contributed by atoms with Gasteiger partial charge in [-0.2, -0.15) is 0 Å². The van der Waals surface area contributed by atoms with E-state index in [4.69, 9.17) is 0 Å². The van der Waals surface area contributed by atoms with Crippen LogP contribution in [-0.4, -0.2) is 41.5 Å². The van der Waals surface area contributed by atoms with Gasteiger partial charge in [-0.1, -0.05) is 0 Å². The molecule has 1 aliphatic heterocycles. The normalized spacial score (nSPS) is 18.3. The maximum Gasteiger partial charge on any atom is 0.130 e. The van der Waals surface area contributed by atoms with Crippen LogP contribution in [-0.2, 0) is 0 Å². The lowest BCUT2D eigenvalue weighted by Crippen LogP contribution is -2.33. The fourth-order valence-electron chi connectivity index (χ4n) is 2.14. The number of aryl methyl sites for hydroxylation is 1. The van der Waals surface area contributed by atoms with Gasteiger partial charge in [0.2, 0.25) is 0 Å². The Kier molecular flexibility index (Phi) is 4.34. The van der Waals surface area contributed by atoms with E-state index in [0.717, 1.165) is 28.7 Å². The lowest BCUT2D eigenvalue weighted by atomic mass is 9.97. The third-order valence-corrected chi connectivity index (χ3v) is 3.62. The second-order valence-corrected chi connectivity index (χ2v) is 5.56. The predicted octanol–water partition coefficient (Wildman–Crippen LogP) is 2.30. The topological polar surface area (TPSA) is 41.1 Å². The van der Waals surface area contributed by atoms with Gasteiger partial charge < -0.3 is 10.2 Å². The van der Waals surface area contributed by atoms with Gasteiger partial charge in [0.05, 0.1) is 0 Å². The van der Waals surface area contributed by atoms with Gasteiger partial charge in [0.25, 0.3) is 0 Å². The summed E-state index contributed by atoms with van der Waals surface area (Å²) >= 11 is 3.39. The van der Waals surface area contributed by atoms with Crippen LogP contribution >= 0.6 is 15.9 Å². The summed E-state index contributed by atoms with van der Waals surface area (Å²) in [6, 6.07) is 1.93. The number of piperidine rings is 1. The number of nitrogens with zero attached hydrogens (tertiary/aromatic N) is 3. The zero-order valence-corrected chi connectivity index (χ0v) is 12.0. The minimum absolute atomic E-state index is 0.764. The van der Waals surface area contributed by atoms with E-state index in [2.05, 4.69) is 43.2 Å². The van der Waals surface area contributed by atoms with E-state index >= 15 is 0 Å². The fourth-order valence-corrected chi connectivity index (χ4v) is 2.61. The van der Waals surface area contributed by atoms with Crippen molar-refractivity contribution in [2.45, 2.75) is 19.8 Å². The molecule has 1 N–H and O–H groups in total. The number of hydrogen-bond donors (Lipinski definition) is 1. The molecule has 0 bridgehead atoms. The van der Waals surface area contributed by atoms with Crippen molar-refractivity contribution in [2.75, 3.05) is 32.0 Å². The average Bonchev–Trinajstić information content (AvgIpc) is 2.27. The molecule has 0 unspecified atom stereocenters. The number of hydrogen-bond acceptors (Lipinski definition) is 4. The lowest BCUT2D eigenvalue weighted by molar-refractivity contribution is 0.226. The molecule has 2 rings (SSSR count). The van der Waals surface area contributed by atoms with Crippen LogP contribution in [0.1, 0.15) is 18.7 Å². The van der Waals surface area contributed by atoms with Crippen LogP contribution in [0.4, 0.5) is 5.82 Å². The SMILES string of the molecule is Cc1nc(Br)cc(NCC2CCN(C)CC2)n1. The molecule has 1 saturated heterocycles. The molecule has 1 aromatic heterocycles. The number of rotatable bonds is 3. The molecule has 0 aliphatic carbocycles. The number of nitrogens with one attached hydrogen (secondary N) is 1. The molecule has 5 heteroatoms. The molecule has 17 heavy (non-hydrogen) atoms. The van der Waals surface area contributed by atoms with E-state index in [0.29, 0.717) is 0 Å². The van der Waals surface area contributed by atoms with Crippen molar-refractivity contribution >= 4 is 21.7 Å². The largest absolute Gasteiger partial charge is 0.370 e. The molecule has 0 radical (unpaired) electrons. The maximum absolute atomic E-state index is 4.37. The fraction of sp³-hybridized carbons (Fsp3) is 0.667. The molecule has 0 spiro atoms. The summed E-state index contributed by atoms with van der Waals surface area (Å²) in [6.45, 7) is 5.33. The highest BCUT2D eigenvalue weighted by Crippen LogP contribution is 2.17. The van der Waals surface area contributed by atoms with Crippen molar-refractivity contribution in [3.05, 3.63) is 16.5 Å². The summed E-state index contributed by atoms with van der Waals surface area (Å²) in [5.41, 5.74) is 0. The average molecular weight is 299 g/mol. The number of likely N-dealkylation sites (tertiary alicyclic amines) is 1. The van der Waals surface area contributed by atoms with E-state index in [1.54, 1.807) is 0 Å². The standard InChI is InChI=1S/C12H19BrN4/c1-9-15-11(13)7-12(16-9)14-8-10-3-5-17(2)6-4-10/h7,10H,3-6,8H2,1-2H3,(H,14,15,16). The van der Waals surface area contributed by atoms with Crippen molar-refractivity contribution in [1.29, 1.82) is 0 Å². The van der Waals surface area contributed by atoms with Crippen LogP contribution in [0.5, 0.6) is 0 Å². The van der Waals surface area contributed by atoms with Crippen molar-refractivity contribution < 1.29 is 0 Å². The highest BCUT2D eigenvalue weighted by atomic mass is 79.9. The summed E-state index contributed by atoms with van der Waals surface area (Å²) < 4.78 is 0.843. The molecule has 1 aliphatic rings. The van der Waals surface area contributed by atoms with Gasteiger partial charge >= 0.3 is 0 Å². The molecule has 0 amide bonds. The van der Waals surface area contributed by atoms with Crippen LogP contribution < -0.4 is 5.32 Å². The molecule has 1 fully saturated rings.